The van der Waals surface area contributed by atoms with Gasteiger partial charge in [-0.15, -0.1) is 0 Å². The summed E-state index contributed by atoms with van der Waals surface area (Å²) < 4.78 is 2.12. The van der Waals surface area contributed by atoms with E-state index in [0.717, 1.165) is 36.4 Å². The van der Waals surface area contributed by atoms with Crippen LogP contribution in [0, 0.1) is 37.5 Å². The number of rotatable bonds is 6. The smallest absolute Gasteiger partial charge is 0.220 e. The molecule has 4 fully saturated rings. The first-order valence-corrected chi connectivity index (χ1v) is 10.7. The highest BCUT2D eigenvalue weighted by Crippen LogP contribution is 2.55. The summed E-state index contributed by atoms with van der Waals surface area (Å²) in [5.41, 5.74) is 3.73. The number of hydrogen-bond acceptors (Lipinski definition) is 2. The van der Waals surface area contributed by atoms with Crippen molar-refractivity contribution < 1.29 is 4.79 Å². The molecule has 4 aliphatic rings. The van der Waals surface area contributed by atoms with Gasteiger partial charge in [-0.25, -0.2) is 0 Å². The van der Waals surface area contributed by atoms with Crippen molar-refractivity contribution in [3.8, 4) is 0 Å². The standard InChI is InChI=1S/C22H35N3O/c1-14(2)13-25-16(4)20(15(3)24-25)5-6-21(26)23-22-10-17-7-18(11-22)9-19(8-17)12-22/h14,17-19H,5-13H2,1-4H3,(H,23,26). The van der Waals surface area contributed by atoms with Crippen LogP contribution in [0.3, 0.4) is 0 Å². The molecule has 4 bridgehead atoms. The molecule has 4 nitrogen and oxygen atoms in total. The summed E-state index contributed by atoms with van der Waals surface area (Å²) in [6, 6.07) is 0. The van der Waals surface area contributed by atoms with Crippen LogP contribution in [0.1, 0.15) is 75.7 Å². The van der Waals surface area contributed by atoms with Crippen LogP contribution in [0.25, 0.3) is 0 Å². The van der Waals surface area contributed by atoms with Gasteiger partial charge >= 0.3 is 0 Å². The molecule has 4 aliphatic carbocycles. The van der Waals surface area contributed by atoms with Gasteiger partial charge in [0, 0.05) is 24.2 Å². The summed E-state index contributed by atoms with van der Waals surface area (Å²) >= 11 is 0. The molecule has 1 heterocycles. The zero-order chi connectivity index (χ0) is 18.5. The maximum Gasteiger partial charge on any atom is 0.220 e. The fraction of sp³-hybridized carbons (Fsp3) is 0.818. The number of amides is 1. The summed E-state index contributed by atoms with van der Waals surface area (Å²) in [6.07, 6.45) is 9.36. The first-order chi connectivity index (χ1) is 12.3. The van der Waals surface area contributed by atoms with Crippen LogP contribution >= 0.6 is 0 Å². The average molecular weight is 358 g/mol. The van der Waals surface area contributed by atoms with Crippen molar-refractivity contribution >= 4 is 5.91 Å². The van der Waals surface area contributed by atoms with E-state index in [9.17, 15) is 4.79 Å². The van der Waals surface area contributed by atoms with Crippen molar-refractivity contribution in [1.82, 2.24) is 15.1 Å². The second-order valence-electron chi connectivity index (χ2n) is 9.97. The largest absolute Gasteiger partial charge is 0.351 e. The third kappa shape index (κ3) is 3.44. The van der Waals surface area contributed by atoms with E-state index in [1.54, 1.807) is 0 Å². The Labute approximate surface area is 158 Å². The lowest BCUT2D eigenvalue weighted by Crippen LogP contribution is -2.59. The van der Waals surface area contributed by atoms with E-state index >= 15 is 0 Å². The van der Waals surface area contributed by atoms with E-state index < -0.39 is 0 Å². The molecule has 0 spiro atoms. The Balaban J connectivity index is 1.37. The van der Waals surface area contributed by atoms with Crippen molar-refractivity contribution in [1.29, 1.82) is 0 Å². The van der Waals surface area contributed by atoms with E-state index in [1.165, 1.54) is 49.8 Å². The van der Waals surface area contributed by atoms with Crippen molar-refractivity contribution in [2.45, 2.75) is 91.1 Å². The number of carbonyl (C=O) groups is 1. The molecule has 0 aromatic carbocycles. The van der Waals surface area contributed by atoms with E-state index in [0.29, 0.717) is 12.3 Å². The second-order valence-corrected chi connectivity index (χ2v) is 9.97. The second kappa shape index (κ2) is 6.69. The van der Waals surface area contributed by atoms with Gasteiger partial charge in [-0.1, -0.05) is 13.8 Å². The molecule has 0 atom stereocenters. The van der Waals surface area contributed by atoms with Crippen LogP contribution in [0.4, 0.5) is 0 Å². The number of hydrogen-bond donors (Lipinski definition) is 1. The van der Waals surface area contributed by atoms with E-state index in [-0.39, 0.29) is 11.4 Å². The van der Waals surface area contributed by atoms with Crippen LogP contribution in [0.15, 0.2) is 0 Å². The molecule has 1 aromatic heterocycles. The highest BCUT2D eigenvalue weighted by molar-refractivity contribution is 5.77. The number of aryl methyl sites for hydroxylation is 1. The fourth-order valence-electron chi connectivity index (χ4n) is 6.48. The Morgan fingerprint density at radius 3 is 2.27 bits per heavy atom. The summed E-state index contributed by atoms with van der Waals surface area (Å²) in [6.45, 7) is 9.61. The SMILES string of the molecule is Cc1nn(CC(C)C)c(C)c1CCC(=O)NC12CC3CC(CC(C3)C1)C2. The van der Waals surface area contributed by atoms with Gasteiger partial charge in [0.15, 0.2) is 0 Å². The third-order valence-electron chi connectivity index (χ3n) is 7.11. The predicted molar refractivity (Wildman–Crippen MR) is 104 cm³/mol. The first kappa shape index (κ1) is 18.1. The molecule has 1 aromatic rings. The van der Waals surface area contributed by atoms with Gasteiger partial charge in [-0.05, 0) is 88.0 Å². The molecule has 5 rings (SSSR count). The van der Waals surface area contributed by atoms with Gasteiger partial charge < -0.3 is 5.32 Å². The van der Waals surface area contributed by atoms with Crippen molar-refractivity contribution in [2.24, 2.45) is 23.7 Å². The van der Waals surface area contributed by atoms with E-state index in [4.69, 9.17) is 5.10 Å². The van der Waals surface area contributed by atoms with Gasteiger partial charge in [-0.2, -0.15) is 5.10 Å². The monoisotopic (exact) mass is 357 g/mol. The molecule has 0 saturated heterocycles. The average Bonchev–Trinajstić information content (AvgIpc) is 2.76. The van der Waals surface area contributed by atoms with E-state index in [1.807, 2.05) is 0 Å². The molecular weight excluding hydrogens is 322 g/mol. The van der Waals surface area contributed by atoms with Gasteiger partial charge in [0.1, 0.15) is 0 Å². The predicted octanol–water partition coefficient (Wildman–Crippen LogP) is 4.17. The van der Waals surface area contributed by atoms with Crippen LogP contribution in [-0.2, 0) is 17.8 Å². The number of aromatic nitrogens is 2. The molecule has 0 aliphatic heterocycles. The minimum absolute atomic E-state index is 0.137. The fourth-order valence-corrected chi connectivity index (χ4v) is 6.48. The third-order valence-corrected chi connectivity index (χ3v) is 7.11. The summed E-state index contributed by atoms with van der Waals surface area (Å²) in [5, 5.41) is 8.20. The van der Waals surface area contributed by atoms with Crippen LogP contribution in [-0.4, -0.2) is 21.2 Å². The Kier molecular flexibility index (Phi) is 4.65. The molecule has 1 amide bonds. The lowest BCUT2D eigenvalue weighted by molar-refractivity contribution is -0.126. The summed E-state index contributed by atoms with van der Waals surface area (Å²) in [4.78, 5) is 12.8. The van der Waals surface area contributed by atoms with Crippen LogP contribution in [0.2, 0.25) is 0 Å². The zero-order valence-corrected chi connectivity index (χ0v) is 17.0. The Morgan fingerprint density at radius 2 is 1.73 bits per heavy atom. The molecule has 26 heavy (non-hydrogen) atoms. The summed E-state index contributed by atoms with van der Waals surface area (Å²) in [5.74, 6) is 3.46. The molecule has 4 saturated carbocycles. The normalized spacial score (nSPS) is 32.4. The van der Waals surface area contributed by atoms with Crippen molar-refractivity contribution in [3.63, 3.8) is 0 Å². The lowest BCUT2D eigenvalue weighted by atomic mass is 9.53. The van der Waals surface area contributed by atoms with Crippen LogP contribution in [0.5, 0.6) is 0 Å². The number of nitrogens with zero attached hydrogens (tertiary/aromatic N) is 2. The highest BCUT2D eigenvalue weighted by Gasteiger charge is 2.51. The zero-order valence-electron chi connectivity index (χ0n) is 17.0. The minimum atomic E-state index is 0.137. The number of nitrogens with one attached hydrogen (secondary N) is 1. The van der Waals surface area contributed by atoms with Gasteiger partial charge in [-0.3, -0.25) is 9.48 Å². The van der Waals surface area contributed by atoms with Crippen molar-refractivity contribution in [2.75, 3.05) is 0 Å². The topological polar surface area (TPSA) is 46.9 Å². The maximum absolute atomic E-state index is 12.8. The lowest BCUT2D eigenvalue weighted by Gasteiger charge is -2.56. The molecular formula is C22H35N3O. The van der Waals surface area contributed by atoms with Crippen molar-refractivity contribution in [3.05, 3.63) is 17.0 Å². The highest BCUT2D eigenvalue weighted by atomic mass is 16.1. The number of carbonyl (C=O) groups excluding carboxylic acids is 1. The molecule has 1 N–H and O–H groups in total. The summed E-state index contributed by atoms with van der Waals surface area (Å²) in [7, 11) is 0. The van der Waals surface area contributed by atoms with Gasteiger partial charge in [0.25, 0.3) is 0 Å². The molecule has 0 unspecified atom stereocenters. The Morgan fingerprint density at radius 1 is 1.15 bits per heavy atom. The van der Waals surface area contributed by atoms with Crippen LogP contribution < -0.4 is 5.32 Å². The quantitative estimate of drug-likeness (QED) is 0.830. The molecule has 144 valence electrons. The Bertz CT molecular complexity index is 653. The maximum atomic E-state index is 12.8. The molecule has 0 radical (unpaired) electrons. The minimum Gasteiger partial charge on any atom is -0.351 e. The first-order valence-electron chi connectivity index (χ1n) is 10.7. The molecule has 4 heteroatoms. The Hall–Kier alpha value is -1.32. The van der Waals surface area contributed by atoms with E-state index in [2.05, 4.69) is 37.7 Å². The van der Waals surface area contributed by atoms with Gasteiger partial charge in [0.2, 0.25) is 5.91 Å². The van der Waals surface area contributed by atoms with Gasteiger partial charge in [0.05, 0.1) is 5.69 Å².